The zero-order chi connectivity index (χ0) is 33.0. The lowest BCUT2D eigenvalue weighted by Gasteiger charge is -2.20. The van der Waals surface area contributed by atoms with Gasteiger partial charge in [-0.3, -0.25) is 0 Å². The van der Waals surface area contributed by atoms with Gasteiger partial charge in [0.25, 0.3) is 0 Å². The molecule has 0 heteroatoms. The number of hydrogen-bond acceptors (Lipinski definition) is 0. The molecule has 0 aliphatic carbocycles. The average molecular weight is 633 g/mol. The first-order valence-electron chi connectivity index (χ1n) is 17.3. The zero-order valence-corrected chi connectivity index (χ0v) is 27.5. The lowest BCUT2D eigenvalue weighted by Crippen LogP contribution is -1.92. The van der Waals surface area contributed by atoms with Crippen molar-refractivity contribution in [2.24, 2.45) is 0 Å². The van der Waals surface area contributed by atoms with Crippen molar-refractivity contribution >= 4 is 53.9 Å². The lowest BCUT2D eigenvalue weighted by atomic mass is 9.83. The van der Waals surface area contributed by atoms with Crippen molar-refractivity contribution in [2.75, 3.05) is 0 Å². The molecule has 0 aromatic heterocycles. The molecule has 0 aliphatic rings. The molecule has 10 rings (SSSR count). The van der Waals surface area contributed by atoms with Gasteiger partial charge < -0.3 is 0 Å². The van der Waals surface area contributed by atoms with Gasteiger partial charge in [0, 0.05) is 0 Å². The van der Waals surface area contributed by atoms with Crippen LogP contribution in [0.2, 0.25) is 0 Å². The summed E-state index contributed by atoms with van der Waals surface area (Å²) in [7, 11) is 0. The predicted molar refractivity (Wildman–Crippen MR) is 216 cm³/mol. The molecular formula is C50H32. The topological polar surface area (TPSA) is 0 Å². The fourth-order valence-corrected chi connectivity index (χ4v) is 8.01. The molecule has 0 aliphatic heterocycles. The molecule has 10 aromatic carbocycles. The van der Waals surface area contributed by atoms with E-state index in [1.807, 2.05) is 0 Å². The summed E-state index contributed by atoms with van der Waals surface area (Å²) in [5, 5.41) is 12.6. The standard InChI is InChI=1S/C50H32/c1-3-14-36-29-39(25-23-33(36)11-1)38-17-9-18-41(31-38)50-46-21-8-7-20-45(46)49(42-26-24-34-12-2-4-15-37(34)30-42)47-28-27-40(32-48(47)50)44-22-10-16-35-13-5-6-19-43(35)44/h1-32H. The van der Waals surface area contributed by atoms with Crippen molar-refractivity contribution < 1.29 is 0 Å². The second-order valence-electron chi connectivity index (χ2n) is 13.3. The Hall–Kier alpha value is -6.50. The van der Waals surface area contributed by atoms with E-state index >= 15 is 0 Å². The minimum atomic E-state index is 1.22. The van der Waals surface area contributed by atoms with Crippen LogP contribution in [-0.4, -0.2) is 0 Å². The Balaban J connectivity index is 1.28. The first-order chi connectivity index (χ1) is 24.8. The molecule has 0 spiro atoms. The number of benzene rings is 10. The summed E-state index contributed by atoms with van der Waals surface area (Å²) in [5.41, 5.74) is 9.92. The Kier molecular flexibility index (Phi) is 6.60. The summed E-state index contributed by atoms with van der Waals surface area (Å²) in [6.45, 7) is 0. The van der Waals surface area contributed by atoms with Gasteiger partial charge in [0.05, 0.1) is 0 Å². The Bertz CT molecular complexity index is 2920. The third kappa shape index (κ3) is 4.69. The Morgan fingerprint density at radius 3 is 1.40 bits per heavy atom. The highest BCUT2D eigenvalue weighted by Gasteiger charge is 2.19. The third-order valence-electron chi connectivity index (χ3n) is 10.4. The summed E-state index contributed by atoms with van der Waals surface area (Å²) in [6, 6.07) is 71.5. The van der Waals surface area contributed by atoms with E-state index in [9.17, 15) is 0 Å². The maximum Gasteiger partial charge on any atom is -0.00259 e. The Morgan fingerprint density at radius 1 is 0.200 bits per heavy atom. The number of rotatable bonds is 4. The van der Waals surface area contributed by atoms with Crippen LogP contribution in [0.4, 0.5) is 0 Å². The van der Waals surface area contributed by atoms with Crippen molar-refractivity contribution in [3.05, 3.63) is 194 Å². The van der Waals surface area contributed by atoms with Gasteiger partial charge in [0.15, 0.2) is 0 Å². The molecule has 232 valence electrons. The van der Waals surface area contributed by atoms with Crippen LogP contribution in [0.25, 0.3) is 98.4 Å². The van der Waals surface area contributed by atoms with E-state index in [2.05, 4.69) is 194 Å². The fourth-order valence-electron chi connectivity index (χ4n) is 8.01. The van der Waals surface area contributed by atoms with Crippen LogP contribution in [0.1, 0.15) is 0 Å². The first-order valence-corrected chi connectivity index (χ1v) is 17.3. The number of fused-ring (bicyclic) bond motifs is 5. The van der Waals surface area contributed by atoms with Crippen molar-refractivity contribution in [2.45, 2.75) is 0 Å². The van der Waals surface area contributed by atoms with E-state index in [1.165, 1.54) is 98.4 Å². The molecule has 0 saturated heterocycles. The van der Waals surface area contributed by atoms with Gasteiger partial charge in [-0.25, -0.2) is 0 Å². The van der Waals surface area contributed by atoms with Crippen LogP contribution in [0, 0.1) is 0 Å². The molecule has 0 bridgehead atoms. The van der Waals surface area contributed by atoms with Gasteiger partial charge in [0.2, 0.25) is 0 Å². The maximum atomic E-state index is 2.44. The summed E-state index contributed by atoms with van der Waals surface area (Å²) in [5.74, 6) is 0. The normalized spacial score (nSPS) is 11.6. The number of hydrogen-bond donors (Lipinski definition) is 0. The summed E-state index contributed by atoms with van der Waals surface area (Å²) in [6.07, 6.45) is 0. The molecule has 0 saturated carbocycles. The van der Waals surface area contributed by atoms with Gasteiger partial charge in [-0.05, 0) is 123 Å². The largest absolute Gasteiger partial charge is 0.0616 e. The van der Waals surface area contributed by atoms with Crippen molar-refractivity contribution in [3.8, 4) is 44.5 Å². The average Bonchev–Trinajstić information content (AvgIpc) is 3.19. The van der Waals surface area contributed by atoms with E-state index in [4.69, 9.17) is 0 Å². The smallest absolute Gasteiger partial charge is 0.00259 e. The quantitative estimate of drug-likeness (QED) is 0.169. The summed E-state index contributed by atoms with van der Waals surface area (Å²) < 4.78 is 0. The van der Waals surface area contributed by atoms with Gasteiger partial charge in [-0.2, -0.15) is 0 Å². The molecule has 0 N–H and O–H groups in total. The molecule has 0 atom stereocenters. The molecule has 0 nitrogen and oxygen atoms in total. The fraction of sp³-hybridized carbons (Fsp3) is 0. The summed E-state index contributed by atoms with van der Waals surface area (Å²) in [4.78, 5) is 0. The second kappa shape index (κ2) is 11.6. The molecular weight excluding hydrogens is 601 g/mol. The first kappa shape index (κ1) is 28.5. The van der Waals surface area contributed by atoms with E-state index in [0.29, 0.717) is 0 Å². The molecule has 0 amide bonds. The molecule has 0 radical (unpaired) electrons. The van der Waals surface area contributed by atoms with Gasteiger partial charge in [0.1, 0.15) is 0 Å². The van der Waals surface area contributed by atoms with Gasteiger partial charge >= 0.3 is 0 Å². The van der Waals surface area contributed by atoms with E-state index in [0.717, 1.165) is 0 Å². The van der Waals surface area contributed by atoms with E-state index in [1.54, 1.807) is 0 Å². The highest BCUT2D eigenvalue weighted by atomic mass is 14.2. The lowest BCUT2D eigenvalue weighted by molar-refractivity contribution is 1.62. The summed E-state index contributed by atoms with van der Waals surface area (Å²) >= 11 is 0. The highest BCUT2D eigenvalue weighted by molar-refractivity contribution is 6.22. The van der Waals surface area contributed by atoms with E-state index in [-0.39, 0.29) is 0 Å². The molecule has 50 heavy (non-hydrogen) atoms. The SMILES string of the molecule is c1cc(-c2ccc3ccccc3c2)cc(-c2c3ccccc3c(-c3ccc4ccccc4c3)c3ccc(-c4cccc5ccccc45)cc23)c1. The highest BCUT2D eigenvalue weighted by Crippen LogP contribution is 2.46. The Labute approximate surface area is 291 Å². The van der Waals surface area contributed by atoms with Crippen molar-refractivity contribution in [3.63, 3.8) is 0 Å². The van der Waals surface area contributed by atoms with Crippen LogP contribution in [0.3, 0.4) is 0 Å². The minimum Gasteiger partial charge on any atom is -0.0616 e. The van der Waals surface area contributed by atoms with Gasteiger partial charge in [-0.15, -0.1) is 0 Å². The van der Waals surface area contributed by atoms with Crippen molar-refractivity contribution in [1.29, 1.82) is 0 Å². The van der Waals surface area contributed by atoms with Crippen LogP contribution in [0.5, 0.6) is 0 Å². The molecule has 0 unspecified atom stereocenters. The third-order valence-corrected chi connectivity index (χ3v) is 10.4. The Morgan fingerprint density at radius 2 is 0.660 bits per heavy atom. The molecule has 0 heterocycles. The van der Waals surface area contributed by atoms with E-state index < -0.39 is 0 Å². The van der Waals surface area contributed by atoms with Crippen LogP contribution in [0.15, 0.2) is 194 Å². The van der Waals surface area contributed by atoms with Crippen LogP contribution in [-0.2, 0) is 0 Å². The van der Waals surface area contributed by atoms with Crippen LogP contribution < -0.4 is 0 Å². The van der Waals surface area contributed by atoms with Crippen LogP contribution >= 0.6 is 0 Å². The maximum absolute atomic E-state index is 2.44. The van der Waals surface area contributed by atoms with Crippen molar-refractivity contribution in [1.82, 2.24) is 0 Å². The monoisotopic (exact) mass is 632 g/mol. The minimum absolute atomic E-state index is 1.22. The predicted octanol–water partition coefficient (Wildman–Crippen LogP) is 14.1. The molecule has 10 aromatic rings. The zero-order valence-electron chi connectivity index (χ0n) is 27.5. The van der Waals surface area contributed by atoms with Gasteiger partial charge in [-0.1, -0.05) is 170 Å². The molecule has 0 fully saturated rings. The second-order valence-corrected chi connectivity index (χ2v) is 13.3.